The quantitative estimate of drug-likeness (QED) is 0.386. The maximum Gasteiger partial charge on any atom is 0.291 e. The summed E-state index contributed by atoms with van der Waals surface area (Å²) in [7, 11) is -0.628. The number of alkyl halides is 2. The molecule has 1 saturated carbocycles. The molecule has 2 aromatic heterocycles. The van der Waals surface area contributed by atoms with E-state index < -0.39 is 27.0 Å². The zero-order valence-electron chi connectivity index (χ0n) is 20.6. The van der Waals surface area contributed by atoms with Crippen molar-refractivity contribution in [2.75, 3.05) is 45.4 Å². The highest BCUT2D eigenvalue weighted by Crippen LogP contribution is 2.38. The molecule has 0 spiro atoms. The number of anilines is 1. The number of ether oxygens (including phenoxy) is 2. The highest BCUT2D eigenvalue weighted by molar-refractivity contribution is 7.89. The Morgan fingerprint density at radius 2 is 1.86 bits per heavy atom. The molecule has 2 aliphatic rings. The lowest BCUT2D eigenvalue weighted by Gasteiger charge is -2.40. The van der Waals surface area contributed by atoms with E-state index in [0.29, 0.717) is 43.0 Å². The third-order valence-electron chi connectivity index (χ3n) is 6.55. The van der Waals surface area contributed by atoms with Gasteiger partial charge < -0.3 is 19.7 Å². The van der Waals surface area contributed by atoms with Crippen molar-refractivity contribution in [2.24, 2.45) is 0 Å². The van der Waals surface area contributed by atoms with E-state index in [2.05, 4.69) is 30.1 Å². The van der Waals surface area contributed by atoms with Gasteiger partial charge in [-0.15, -0.1) is 10.2 Å². The second-order valence-electron chi connectivity index (χ2n) is 9.69. The van der Waals surface area contributed by atoms with Crippen LogP contribution >= 0.6 is 11.3 Å². The largest absolute Gasteiger partial charge is 0.383 e. The van der Waals surface area contributed by atoms with Crippen molar-refractivity contribution in [3.63, 3.8) is 0 Å². The lowest BCUT2D eigenvalue weighted by atomic mass is 10.1. The standard InChI is InChI=1S/C22H29F2N7O4S2/c1-22(4-5-22)29-37(32,33)15-6-16(30-8-13(10-34-2)26-14(9-30)11-35-3)18-17(7-15)31(12-25-18)21-28-27-20(36-21)19(23)24/h6-7,12-14,19,26,29H,4-5,8-11H2,1-3H3/t13-,14-/m1/s1. The zero-order valence-corrected chi connectivity index (χ0v) is 22.3. The molecule has 1 saturated heterocycles. The number of aromatic nitrogens is 4. The monoisotopic (exact) mass is 557 g/mol. The van der Waals surface area contributed by atoms with Crippen LogP contribution in [-0.2, 0) is 19.5 Å². The van der Waals surface area contributed by atoms with Gasteiger partial charge in [-0.05, 0) is 31.9 Å². The molecule has 0 amide bonds. The molecule has 1 aliphatic carbocycles. The summed E-state index contributed by atoms with van der Waals surface area (Å²) in [6.07, 6.45) is 0.218. The van der Waals surface area contributed by atoms with Gasteiger partial charge in [0.15, 0.2) is 5.01 Å². The van der Waals surface area contributed by atoms with Gasteiger partial charge in [-0.2, -0.15) is 0 Å². The van der Waals surface area contributed by atoms with Gasteiger partial charge in [-0.1, -0.05) is 11.3 Å². The molecule has 2 atom stereocenters. The van der Waals surface area contributed by atoms with Crippen LogP contribution in [-0.4, -0.2) is 86.3 Å². The Morgan fingerprint density at radius 3 is 2.43 bits per heavy atom. The number of hydrogen-bond donors (Lipinski definition) is 2. The number of fused-ring (bicyclic) bond motifs is 1. The number of sulfonamides is 1. The second kappa shape index (κ2) is 10.1. The summed E-state index contributed by atoms with van der Waals surface area (Å²) < 4.78 is 68.3. The minimum absolute atomic E-state index is 0.0310. The van der Waals surface area contributed by atoms with Crippen LogP contribution in [0.1, 0.15) is 31.2 Å². The normalized spacial score (nSPS) is 21.7. The summed E-state index contributed by atoms with van der Waals surface area (Å²) in [6, 6.07) is 3.07. The van der Waals surface area contributed by atoms with Crippen LogP contribution < -0.4 is 14.9 Å². The first-order chi connectivity index (χ1) is 17.6. The maximum atomic E-state index is 13.4. The second-order valence-corrected chi connectivity index (χ2v) is 12.4. The fraction of sp³-hybridized carbons (Fsp3) is 0.591. The topological polar surface area (TPSA) is 124 Å². The van der Waals surface area contributed by atoms with Crippen LogP contribution in [0.5, 0.6) is 0 Å². The maximum absolute atomic E-state index is 13.4. The molecule has 11 nitrogen and oxygen atoms in total. The average molecular weight is 558 g/mol. The van der Waals surface area contributed by atoms with E-state index in [9.17, 15) is 17.2 Å². The molecule has 5 rings (SSSR count). The lowest BCUT2D eigenvalue weighted by molar-refractivity contribution is 0.121. The van der Waals surface area contributed by atoms with Gasteiger partial charge in [-0.25, -0.2) is 26.9 Å². The van der Waals surface area contributed by atoms with Gasteiger partial charge in [0, 0.05) is 44.9 Å². The molecule has 202 valence electrons. The zero-order chi connectivity index (χ0) is 26.4. The smallest absolute Gasteiger partial charge is 0.291 e. The fourth-order valence-electron chi connectivity index (χ4n) is 4.55. The molecule has 2 N–H and O–H groups in total. The number of hydrogen-bond acceptors (Lipinski definition) is 10. The van der Waals surface area contributed by atoms with Crippen molar-refractivity contribution in [1.82, 2.24) is 29.8 Å². The van der Waals surface area contributed by atoms with Crippen molar-refractivity contribution < 1.29 is 26.7 Å². The van der Waals surface area contributed by atoms with Gasteiger partial charge in [0.05, 0.1) is 29.3 Å². The Kier molecular flexibility index (Phi) is 7.19. The average Bonchev–Trinajstić information content (AvgIpc) is 3.23. The first-order valence-corrected chi connectivity index (χ1v) is 14.1. The Bertz CT molecular complexity index is 1360. The third-order valence-corrected chi connectivity index (χ3v) is 9.10. The molecule has 1 aliphatic heterocycles. The SMILES string of the molecule is COC[C@H]1CN(c2cc(S(=O)(=O)NC3(C)CC3)cc3c2ncn3-c2nnc(C(F)F)s2)C[C@H](COC)N1. The van der Waals surface area contributed by atoms with Crippen molar-refractivity contribution >= 4 is 38.1 Å². The number of benzene rings is 1. The van der Waals surface area contributed by atoms with Gasteiger partial charge >= 0.3 is 0 Å². The Hall–Kier alpha value is -2.30. The summed E-state index contributed by atoms with van der Waals surface area (Å²) in [5.74, 6) is 0. The van der Waals surface area contributed by atoms with E-state index in [1.165, 1.54) is 17.0 Å². The molecule has 0 bridgehead atoms. The molecular weight excluding hydrogens is 528 g/mol. The Balaban J connectivity index is 1.63. The van der Waals surface area contributed by atoms with E-state index in [1.807, 2.05) is 6.92 Å². The van der Waals surface area contributed by atoms with E-state index in [0.717, 1.165) is 24.2 Å². The van der Waals surface area contributed by atoms with Gasteiger partial charge in [0.25, 0.3) is 6.43 Å². The van der Waals surface area contributed by atoms with Gasteiger partial charge in [0.1, 0.15) is 11.8 Å². The summed E-state index contributed by atoms with van der Waals surface area (Å²) in [4.78, 5) is 6.68. The molecule has 1 aromatic carbocycles. The molecule has 3 aromatic rings. The van der Waals surface area contributed by atoms with E-state index in [4.69, 9.17) is 9.47 Å². The highest BCUT2D eigenvalue weighted by Gasteiger charge is 2.41. The predicted molar refractivity (Wildman–Crippen MR) is 134 cm³/mol. The van der Waals surface area contributed by atoms with Crippen LogP contribution in [0, 0.1) is 0 Å². The first-order valence-electron chi connectivity index (χ1n) is 11.8. The van der Waals surface area contributed by atoms with Crippen LogP contribution in [0.4, 0.5) is 14.5 Å². The molecule has 0 radical (unpaired) electrons. The number of halogens is 2. The highest BCUT2D eigenvalue weighted by atomic mass is 32.2. The first kappa shape index (κ1) is 26.3. The number of nitrogens with zero attached hydrogens (tertiary/aromatic N) is 5. The molecule has 3 heterocycles. The number of piperazine rings is 1. The Labute approximate surface area is 217 Å². The minimum atomic E-state index is -3.88. The number of nitrogens with one attached hydrogen (secondary N) is 2. The number of methoxy groups -OCH3 is 2. The van der Waals surface area contributed by atoms with Crippen molar-refractivity contribution in [1.29, 1.82) is 0 Å². The number of rotatable bonds is 10. The summed E-state index contributed by atoms with van der Waals surface area (Å²) in [6.45, 7) is 3.85. The van der Waals surface area contributed by atoms with Crippen LogP contribution in [0.25, 0.3) is 16.2 Å². The third kappa shape index (κ3) is 5.47. The van der Waals surface area contributed by atoms with Gasteiger partial charge in [0.2, 0.25) is 15.2 Å². The van der Waals surface area contributed by atoms with Crippen LogP contribution in [0.3, 0.4) is 0 Å². The van der Waals surface area contributed by atoms with E-state index in [-0.39, 0.29) is 22.1 Å². The molecule has 37 heavy (non-hydrogen) atoms. The Morgan fingerprint density at radius 1 is 1.19 bits per heavy atom. The number of imidazole rings is 1. The molecule has 0 unspecified atom stereocenters. The van der Waals surface area contributed by atoms with E-state index in [1.54, 1.807) is 20.3 Å². The summed E-state index contributed by atoms with van der Waals surface area (Å²) in [5, 5.41) is 10.7. The van der Waals surface area contributed by atoms with Crippen molar-refractivity contribution in [2.45, 2.75) is 48.7 Å². The predicted octanol–water partition coefficient (Wildman–Crippen LogP) is 2.08. The van der Waals surface area contributed by atoms with E-state index >= 15 is 0 Å². The fourth-order valence-corrected chi connectivity index (χ4v) is 6.74. The van der Waals surface area contributed by atoms with Crippen molar-refractivity contribution in [3.05, 3.63) is 23.5 Å². The molecule has 15 heteroatoms. The van der Waals surface area contributed by atoms with Gasteiger partial charge in [-0.3, -0.25) is 4.57 Å². The molecule has 2 fully saturated rings. The molecular formula is C22H29F2N7O4S2. The minimum Gasteiger partial charge on any atom is -0.383 e. The summed E-state index contributed by atoms with van der Waals surface area (Å²) >= 11 is 0.731. The lowest BCUT2D eigenvalue weighted by Crippen LogP contribution is -2.59. The van der Waals surface area contributed by atoms with Crippen molar-refractivity contribution in [3.8, 4) is 5.13 Å². The summed E-state index contributed by atoms with van der Waals surface area (Å²) in [5.41, 5.74) is 1.10. The van der Waals surface area contributed by atoms with Crippen LogP contribution in [0.2, 0.25) is 0 Å². The van der Waals surface area contributed by atoms with Crippen LogP contribution in [0.15, 0.2) is 23.4 Å².